The Balaban J connectivity index is 1.61. The first-order valence-electron chi connectivity index (χ1n) is 8.04. The second-order valence-corrected chi connectivity index (χ2v) is 6.76. The summed E-state index contributed by atoms with van der Waals surface area (Å²) in [7, 11) is 0. The van der Waals surface area contributed by atoms with Gasteiger partial charge >= 0.3 is 0 Å². The van der Waals surface area contributed by atoms with Gasteiger partial charge in [0.15, 0.2) is 0 Å². The van der Waals surface area contributed by atoms with Gasteiger partial charge in [0.1, 0.15) is 0 Å². The molecule has 1 aliphatic carbocycles. The number of benzene rings is 1. The molecule has 1 saturated heterocycles. The molecule has 2 aliphatic rings. The van der Waals surface area contributed by atoms with Gasteiger partial charge in [-0.05, 0) is 43.9 Å². The summed E-state index contributed by atoms with van der Waals surface area (Å²) >= 11 is 6.12. The van der Waals surface area contributed by atoms with Gasteiger partial charge in [0.05, 0.1) is 6.10 Å². The number of carbonyl (C=O) groups is 1. The van der Waals surface area contributed by atoms with Crippen LogP contribution in [0.2, 0.25) is 5.02 Å². The lowest BCUT2D eigenvalue weighted by Crippen LogP contribution is -2.53. The van der Waals surface area contributed by atoms with E-state index >= 15 is 0 Å². The zero-order valence-electron chi connectivity index (χ0n) is 13.0. The third-order valence-electron chi connectivity index (χ3n) is 4.93. The number of hydrogen-bond donors (Lipinski definition) is 1. The number of nitrogens with zero attached hydrogens (tertiary/aromatic N) is 2. The van der Waals surface area contributed by atoms with Crippen LogP contribution in [-0.4, -0.2) is 59.1 Å². The molecule has 1 saturated carbocycles. The number of aryl methyl sites for hydroxylation is 1. The smallest absolute Gasteiger partial charge is 0.253 e. The van der Waals surface area contributed by atoms with Gasteiger partial charge in [0.2, 0.25) is 0 Å². The molecule has 0 bridgehead atoms. The monoisotopic (exact) mass is 322 g/mol. The fraction of sp³-hybridized carbons (Fsp3) is 0.588. The maximum Gasteiger partial charge on any atom is 0.253 e. The summed E-state index contributed by atoms with van der Waals surface area (Å²) in [6, 6.07) is 5.77. The number of rotatable bonds is 2. The zero-order chi connectivity index (χ0) is 15.7. The minimum absolute atomic E-state index is 0.0496. The summed E-state index contributed by atoms with van der Waals surface area (Å²) in [6.07, 6.45) is 2.89. The molecule has 3 rings (SSSR count). The standard InChI is InChI=1S/C17H23ClN2O2/c1-12-5-6-13(11-14(12)18)17(22)20-9-7-19(8-10-20)15-3-2-4-16(15)21/h5-6,11,15-16,21H,2-4,7-10H2,1H3/t15-,16+/m1/s1. The molecule has 1 aromatic rings. The Morgan fingerprint density at radius 2 is 1.95 bits per heavy atom. The first-order valence-corrected chi connectivity index (χ1v) is 8.41. The SMILES string of the molecule is Cc1ccc(C(=O)N2CCN([C@@H]3CCC[C@@H]3O)CC2)cc1Cl. The lowest BCUT2D eigenvalue weighted by Gasteiger charge is -2.39. The van der Waals surface area contributed by atoms with Crippen LogP contribution >= 0.6 is 11.6 Å². The third-order valence-corrected chi connectivity index (χ3v) is 5.34. The molecule has 0 aromatic heterocycles. The topological polar surface area (TPSA) is 43.8 Å². The van der Waals surface area contributed by atoms with Crippen LogP contribution in [0.25, 0.3) is 0 Å². The first-order chi connectivity index (χ1) is 10.6. The Bertz CT molecular complexity index is 556. The van der Waals surface area contributed by atoms with E-state index in [2.05, 4.69) is 4.90 Å². The Morgan fingerprint density at radius 1 is 1.23 bits per heavy atom. The van der Waals surface area contributed by atoms with Crippen molar-refractivity contribution in [3.8, 4) is 0 Å². The zero-order valence-corrected chi connectivity index (χ0v) is 13.7. The van der Waals surface area contributed by atoms with Crippen LogP contribution in [-0.2, 0) is 0 Å². The van der Waals surface area contributed by atoms with E-state index in [-0.39, 0.29) is 18.1 Å². The molecule has 0 radical (unpaired) electrons. The first kappa shape index (κ1) is 15.8. The average Bonchev–Trinajstić information content (AvgIpc) is 2.95. The summed E-state index contributed by atoms with van der Waals surface area (Å²) in [5.41, 5.74) is 1.64. The van der Waals surface area contributed by atoms with Crippen molar-refractivity contribution in [2.75, 3.05) is 26.2 Å². The van der Waals surface area contributed by atoms with E-state index in [1.54, 1.807) is 6.07 Å². The van der Waals surface area contributed by atoms with Gasteiger partial charge < -0.3 is 10.0 Å². The van der Waals surface area contributed by atoms with Crippen LogP contribution in [0.1, 0.15) is 35.2 Å². The van der Waals surface area contributed by atoms with Gasteiger partial charge in [-0.15, -0.1) is 0 Å². The Kier molecular flexibility index (Phi) is 4.71. The van der Waals surface area contributed by atoms with Crippen molar-refractivity contribution in [2.45, 2.75) is 38.3 Å². The molecule has 0 spiro atoms. The summed E-state index contributed by atoms with van der Waals surface area (Å²) < 4.78 is 0. The molecule has 22 heavy (non-hydrogen) atoms. The van der Waals surface area contributed by atoms with Crippen molar-refractivity contribution in [1.29, 1.82) is 0 Å². The number of amides is 1. The van der Waals surface area contributed by atoms with Crippen molar-refractivity contribution in [2.24, 2.45) is 0 Å². The van der Waals surface area contributed by atoms with Gasteiger partial charge in [-0.25, -0.2) is 0 Å². The van der Waals surface area contributed by atoms with Gasteiger partial charge in [-0.1, -0.05) is 17.7 Å². The molecule has 2 fully saturated rings. The highest BCUT2D eigenvalue weighted by atomic mass is 35.5. The van der Waals surface area contributed by atoms with Gasteiger partial charge in [-0.3, -0.25) is 9.69 Å². The predicted octanol–water partition coefficient (Wildman–Crippen LogP) is 2.32. The van der Waals surface area contributed by atoms with E-state index in [1.807, 2.05) is 24.0 Å². The van der Waals surface area contributed by atoms with Gasteiger partial charge in [0, 0.05) is 42.8 Å². The quantitative estimate of drug-likeness (QED) is 0.908. The van der Waals surface area contributed by atoms with Gasteiger partial charge in [0.25, 0.3) is 5.91 Å². The summed E-state index contributed by atoms with van der Waals surface area (Å²) in [6.45, 7) is 5.05. The minimum atomic E-state index is -0.196. The van der Waals surface area contributed by atoms with E-state index in [4.69, 9.17) is 11.6 Å². The van der Waals surface area contributed by atoms with Crippen LogP contribution in [0.4, 0.5) is 0 Å². The maximum atomic E-state index is 12.6. The van der Waals surface area contributed by atoms with Crippen LogP contribution in [0, 0.1) is 6.92 Å². The molecular weight excluding hydrogens is 300 g/mol. The molecular formula is C17H23ClN2O2. The molecule has 4 nitrogen and oxygen atoms in total. The molecule has 1 aliphatic heterocycles. The van der Waals surface area contributed by atoms with Crippen LogP contribution in [0.15, 0.2) is 18.2 Å². The Morgan fingerprint density at radius 3 is 2.55 bits per heavy atom. The number of halogens is 1. The molecule has 2 atom stereocenters. The van der Waals surface area contributed by atoms with E-state index in [1.165, 1.54) is 0 Å². The summed E-state index contributed by atoms with van der Waals surface area (Å²) in [5.74, 6) is 0.0496. The predicted molar refractivity (Wildman–Crippen MR) is 87.3 cm³/mol. The normalized spacial score (nSPS) is 26.4. The second kappa shape index (κ2) is 6.57. The average molecular weight is 323 g/mol. The molecule has 120 valence electrons. The number of hydrogen-bond acceptors (Lipinski definition) is 3. The van der Waals surface area contributed by atoms with Crippen molar-refractivity contribution in [3.05, 3.63) is 34.3 Å². The highest BCUT2D eigenvalue weighted by molar-refractivity contribution is 6.31. The van der Waals surface area contributed by atoms with E-state index in [9.17, 15) is 9.90 Å². The van der Waals surface area contributed by atoms with E-state index < -0.39 is 0 Å². The molecule has 1 aromatic carbocycles. The largest absolute Gasteiger partial charge is 0.391 e. The highest BCUT2D eigenvalue weighted by Gasteiger charge is 2.33. The Labute approximate surface area is 136 Å². The fourth-order valence-corrected chi connectivity index (χ4v) is 3.69. The third kappa shape index (κ3) is 3.14. The van der Waals surface area contributed by atoms with E-state index in [0.717, 1.165) is 37.9 Å². The summed E-state index contributed by atoms with van der Waals surface area (Å²) in [4.78, 5) is 16.8. The number of aliphatic hydroxyl groups is 1. The van der Waals surface area contributed by atoms with Crippen molar-refractivity contribution in [3.63, 3.8) is 0 Å². The Hall–Kier alpha value is -1.10. The molecule has 1 amide bonds. The van der Waals surface area contributed by atoms with Crippen LogP contribution in [0.3, 0.4) is 0 Å². The number of piperazine rings is 1. The molecule has 5 heteroatoms. The maximum absolute atomic E-state index is 12.6. The van der Waals surface area contributed by atoms with Gasteiger partial charge in [-0.2, -0.15) is 0 Å². The molecule has 0 unspecified atom stereocenters. The highest BCUT2D eigenvalue weighted by Crippen LogP contribution is 2.25. The second-order valence-electron chi connectivity index (χ2n) is 6.36. The fourth-order valence-electron chi connectivity index (χ4n) is 3.51. The molecule has 1 heterocycles. The van der Waals surface area contributed by atoms with E-state index in [0.29, 0.717) is 23.7 Å². The van der Waals surface area contributed by atoms with Crippen LogP contribution in [0.5, 0.6) is 0 Å². The lowest BCUT2D eigenvalue weighted by molar-refractivity contribution is 0.0315. The van der Waals surface area contributed by atoms with Crippen molar-refractivity contribution in [1.82, 2.24) is 9.80 Å². The number of carbonyl (C=O) groups excluding carboxylic acids is 1. The minimum Gasteiger partial charge on any atom is -0.391 e. The summed E-state index contributed by atoms with van der Waals surface area (Å²) in [5, 5.41) is 10.7. The molecule has 1 N–H and O–H groups in total. The van der Waals surface area contributed by atoms with Crippen LogP contribution < -0.4 is 0 Å². The number of aliphatic hydroxyl groups excluding tert-OH is 1. The van der Waals surface area contributed by atoms with Crippen molar-refractivity contribution < 1.29 is 9.90 Å². The van der Waals surface area contributed by atoms with Crippen molar-refractivity contribution >= 4 is 17.5 Å². The lowest BCUT2D eigenvalue weighted by atomic mass is 10.1.